The number of halogens is 1. The molecule has 1 aliphatic heterocycles. The molecule has 7 rings (SSSR count). The molecule has 1 aromatic carbocycles. The number of fused-ring (bicyclic) bond motifs is 1. The molecule has 3 saturated carbocycles. The van der Waals surface area contributed by atoms with Crippen LogP contribution in [0.15, 0.2) is 30.5 Å². The fraction of sp³-hybridized carbons (Fsp3) is 0.500. The molecular weight excluding hydrogens is 447 g/mol. The second-order valence-corrected chi connectivity index (χ2v) is 10.4. The highest BCUT2D eigenvalue weighted by Crippen LogP contribution is 2.63. The molecule has 0 atom stereocenters. The quantitative estimate of drug-likeness (QED) is 0.528. The van der Waals surface area contributed by atoms with Gasteiger partial charge < -0.3 is 19.5 Å². The molecule has 3 aromatic rings. The SMILES string of the molecule is CN(C)C(=O)c1cc2cnc(Nc3ccc(OCCN4CCCC4)c(F)c3)nc2n1C12CC(C1)C2. The van der Waals surface area contributed by atoms with E-state index in [-0.39, 0.29) is 17.2 Å². The number of benzene rings is 1. The van der Waals surface area contributed by atoms with E-state index in [0.717, 1.165) is 55.8 Å². The first-order chi connectivity index (χ1) is 16.9. The Balaban J connectivity index is 1.22. The second kappa shape index (κ2) is 8.48. The largest absolute Gasteiger partial charge is 0.489 e. The fourth-order valence-corrected chi connectivity index (χ4v) is 5.74. The minimum atomic E-state index is -0.423. The highest BCUT2D eigenvalue weighted by atomic mass is 19.1. The lowest BCUT2D eigenvalue weighted by Crippen LogP contribution is -2.60. The summed E-state index contributed by atoms with van der Waals surface area (Å²) in [5.74, 6) is 0.913. The van der Waals surface area contributed by atoms with Gasteiger partial charge in [0, 0.05) is 49.5 Å². The molecule has 2 aromatic heterocycles. The van der Waals surface area contributed by atoms with Crippen molar-refractivity contribution in [1.82, 2.24) is 24.3 Å². The Hall–Kier alpha value is -3.20. The third-order valence-corrected chi connectivity index (χ3v) is 7.70. The Kier molecular flexibility index (Phi) is 5.40. The number of amides is 1. The van der Waals surface area contributed by atoms with Gasteiger partial charge in [-0.2, -0.15) is 4.98 Å². The maximum Gasteiger partial charge on any atom is 0.270 e. The topological polar surface area (TPSA) is 75.5 Å². The van der Waals surface area contributed by atoms with Crippen LogP contribution in [0.25, 0.3) is 11.0 Å². The summed E-state index contributed by atoms with van der Waals surface area (Å²) in [5, 5.41) is 3.95. The summed E-state index contributed by atoms with van der Waals surface area (Å²) in [6, 6.07) is 6.69. The molecule has 1 saturated heterocycles. The van der Waals surface area contributed by atoms with E-state index < -0.39 is 5.82 Å². The van der Waals surface area contributed by atoms with Gasteiger partial charge in [0.25, 0.3) is 5.91 Å². The highest BCUT2D eigenvalue weighted by Gasteiger charge is 2.59. The van der Waals surface area contributed by atoms with Crippen molar-refractivity contribution in [3.63, 3.8) is 0 Å². The number of carbonyl (C=O) groups excluding carboxylic acids is 1. The Morgan fingerprint density at radius 1 is 1.23 bits per heavy atom. The van der Waals surface area contributed by atoms with E-state index >= 15 is 0 Å². The zero-order valence-corrected chi connectivity index (χ0v) is 20.3. The fourth-order valence-electron chi connectivity index (χ4n) is 5.74. The number of ether oxygens (including phenoxy) is 1. The van der Waals surface area contributed by atoms with Crippen LogP contribution in [0.2, 0.25) is 0 Å². The molecule has 35 heavy (non-hydrogen) atoms. The van der Waals surface area contributed by atoms with Crippen LogP contribution in [0.5, 0.6) is 5.75 Å². The maximum atomic E-state index is 14.7. The molecule has 3 aliphatic carbocycles. The van der Waals surface area contributed by atoms with Crippen LogP contribution in [-0.4, -0.2) is 70.6 Å². The van der Waals surface area contributed by atoms with Gasteiger partial charge in [0.05, 0.1) is 0 Å². The van der Waals surface area contributed by atoms with Crippen molar-refractivity contribution < 1.29 is 13.9 Å². The average molecular weight is 479 g/mol. The second-order valence-electron chi connectivity index (χ2n) is 10.4. The summed E-state index contributed by atoms with van der Waals surface area (Å²) in [4.78, 5) is 26.0. The predicted molar refractivity (Wildman–Crippen MR) is 132 cm³/mol. The summed E-state index contributed by atoms with van der Waals surface area (Å²) in [5.41, 5.74) is 1.92. The van der Waals surface area contributed by atoms with E-state index in [1.54, 1.807) is 37.3 Å². The van der Waals surface area contributed by atoms with Gasteiger partial charge in [-0.1, -0.05) is 0 Å². The van der Waals surface area contributed by atoms with Crippen molar-refractivity contribution in [3.05, 3.63) is 42.0 Å². The summed E-state index contributed by atoms with van der Waals surface area (Å²) in [7, 11) is 3.53. The zero-order chi connectivity index (χ0) is 24.2. The molecule has 4 aliphatic rings. The molecule has 1 amide bonds. The summed E-state index contributed by atoms with van der Waals surface area (Å²) in [6.45, 7) is 3.47. The number of aromatic nitrogens is 3. The molecule has 4 fully saturated rings. The number of likely N-dealkylation sites (tertiary alicyclic amines) is 1. The molecule has 2 bridgehead atoms. The Morgan fingerprint density at radius 2 is 2.00 bits per heavy atom. The molecule has 0 radical (unpaired) electrons. The van der Waals surface area contributed by atoms with Gasteiger partial charge >= 0.3 is 0 Å². The molecule has 184 valence electrons. The number of hydrogen-bond donors (Lipinski definition) is 1. The molecule has 1 N–H and O–H groups in total. The number of nitrogens with zero attached hydrogens (tertiary/aromatic N) is 5. The van der Waals surface area contributed by atoms with Crippen molar-refractivity contribution in [3.8, 4) is 5.75 Å². The number of hydrogen-bond acceptors (Lipinski definition) is 6. The number of rotatable bonds is 8. The van der Waals surface area contributed by atoms with Crippen LogP contribution in [-0.2, 0) is 5.54 Å². The monoisotopic (exact) mass is 478 g/mol. The normalized spacial score (nSPS) is 23.1. The van der Waals surface area contributed by atoms with Crippen LogP contribution >= 0.6 is 0 Å². The highest BCUT2D eigenvalue weighted by molar-refractivity contribution is 5.98. The van der Waals surface area contributed by atoms with Crippen molar-refractivity contribution in [2.75, 3.05) is 45.7 Å². The van der Waals surface area contributed by atoms with Crippen molar-refractivity contribution in [2.45, 2.75) is 37.6 Å². The lowest BCUT2D eigenvalue weighted by Gasteiger charge is -2.62. The first-order valence-corrected chi connectivity index (χ1v) is 12.4. The first kappa shape index (κ1) is 22.3. The van der Waals surface area contributed by atoms with Gasteiger partial charge in [0.1, 0.15) is 17.9 Å². The smallest absolute Gasteiger partial charge is 0.270 e. The van der Waals surface area contributed by atoms with Gasteiger partial charge in [-0.05, 0) is 69.3 Å². The number of nitrogens with one attached hydrogen (secondary N) is 1. The lowest BCUT2D eigenvalue weighted by atomic mass is 9.49. The first-order valence-electron chi connectivity index (χ1n) is 12.4. The summed E-state index contributed by atoms with van der Waals surface area (Å²) < 4.78 is 22.5. The van der Waals surface area contributed by atoms with Crippen LogP contribution in [0.1, 0.15) is 42.6 Å². The van der Waals surface area contributed by atoms with E-state index in [1.807, 2.05) is 6.07 Å². The molecule has 0 spiro atoms. The zero-order valence-electron chi connectivity index (χ0n) is 20.3. The molecular formula is C26H31FN6O2. The number of anilines is 2. The van der Waals surface area contributed by atoms with E-state index in [9.17, 15) is 9.18 Å². The van der Waals surface area contributed by atoms with Crippen molar-refractivity contribution in [2.24, 2.45) is 5.92 Å². The minimum Gasteiger partial charge on any atom is -0.489 e. The van der Waals surface area contributed by atoms with Crippen LogP contribution in [0, 0.1) is 11.7 Å². The molecule has 3 heterocycles. The summed E-state index contributed by atoms with van der Waals surface area (Å²) >= 11 is 0. The van der Waals surface area contributed by atoms with Gasteiger partial charge in [-0.15, -0.1) is 0 Å². The molecule has 0 unspecified atom stereocenters. The van der Waals surface area contributed by atoms with Crippen LogP contribution < -0.4 is 10.1 Å². The third-order valence-electron chi connectivity index (χ3n) is 7.70. The Morgan fingerprint density at radius 3 is 2.66 bits per heavy atom. The van der Waals surface area contributed by atoms with Gasteiger partial charge in [0.15, 0.2) is 11.6 Å². The maximum absolute atomic E-state index is 14.7. The van der Waals surface area contributed by atoms with E-state index in [1.165, 1.54) is 18.9 Å². The average Bonchev–Trinajstić information content (AvgIpc) is 3.41. The van der Waals surface area contributed by atoms with Crippen LogP contribution in [0.3, 0.4) is 0 Å². The molecule has 8 nitrogen and oxygen atoms in total. The lowest BCUT2D eigenvalue weighted by molar-refractivity contribution is -0.0870. The van der Waals surface area contributed by atoms with Crippen molar-refractivity contribution in [1.29, 1.82) is 0 Å². The Bertz CT molecular complexity index is 1270. The van der Waals surface area contributed by atoms with Crippen LogP contribution in [0.4, 0.5) is 16.0 Å². The van der Waals surface area contributed by atoms with Gasteiger partial charge in [0.2, 0.25) is 5.95 Å². The van der Waals surface area contributed by atoms with E-state index in [2.05, 4.69) is 19.8 Å². The van der Waals surface area contributed by atoms with E-state index in [0.29, 0.717) is 23.9 Å². The van der Waals surface area contributed by atoms with Gasteiger partial charge in [-0.25, -0.2) is 9.37 Å². The summed E-state index contributed by atoms with van der Waals surface area (Å²) in [6.07, 6.45) is 7.43. The van der Waals surface area contributed by atoms with Crippen molar-refractivity contribution >= 4 is 28.6 Å². The third kappa shape index (κ3) is 3.91. The van der Waals surface area contributed by atoms with Gasteiger partial charge in [-0.3, -0.25) is 9.69 Å². The minimum absolute atomic E-state index is 0.0147. The van der Waals surface area contributed by atoms with E-state index in [4.69, 9.17) is 9.72 Å². The predicted octanol–water partition coefficient (Wildman–Crippen LogP) is 4.00. The number of carbonyl (C=O) groups is 1. The standard InChI is InChI=1S/C26H31FN6O2/c1-31(2)24(34)21-11-18-16-28-25(30-23(18)33(21)26-13-17(14-26)15-26)29-19-5-6-22(20(27)12-19)35-10-9-32-7-3-4-8-32/h5-6,11-12,16-17H,3-4,7-10,13-15H2,1-2H3,(H,28,29,30). The Labute approximate surface area is 204 Å². The molecule has 9 heteroatoms.